The molecule has 1 heterocycles. The molecule has 0 saturated carbocycles. The second-order valence-corrected chi connectivity index (χ2v) is 5.73. The van der Waals surface area contributed by atoms with Crippen molar-refractivity contribution in [2.45, 2.75) is 19.3 Å². The van der Waals surface area contributed by atoms with Crippen LogP contribution in [0.25, 0.3) is 10.9 Å². The van der Waals surface area contributed by atoms with E-state index in [0.717, 1.165) is 24.8 Å². The topological polar surface area (TPSA) is 29.0 Å². The summed E-state index contributed by atoms with van der Waals surface area (Å²) >= 11 is 0. The van der Waals surface area contributed by atoms with Gasteiger partial charge in [-0.15, -0.1) is 0 Å². The Morgan fingerprint density at radius 1 is 0.958 bits per heavy atom. The summed E-state index contributed by atoms with van der Waals surface area (Å²) in [6, 6.07) is 17.5. The second-order valence-electron chi connectivity index (χ2n) is 5.73. The molecule has 3 rings (SSSR count). The number of benzene rings is 2. The monoisotopic (exact) mass is 327 g/mol. The standard InChI is InChI=1S/C19H19F2N3/c1-24(13-7-10-14-8-3-2-4-9-14)19-15-11-5-6-12-16(15)22-18(23-19)17(20)21/h2-6,8-9,11-12,17H,7,10,13H2,1H3. The van der Waals surface area contributed by atoms with Crippen LogP contribution in [0.5, 0.6) is 0 Å². The van der Waals surface area contributed by atoms with Crippen molar-refractivity contribution in [3.63, 3.8) is 0 Å². The van der Waals surface area contributed by atoms with Crippen molar-refractivity contribution in [1.29, 1.82) is 0 Å². The molecule has 0 bridgehead atoms. The van der Waals surface area contributed by atoms with Crippen molar-refractivity contribution in [2.75, 3.05) is 18.5 Å². The van der Waals surface area contributed by atoms with E-state index in [-0.39, 0.29) is 0 Å². The number of aromatic nitrogens is 2. The van der Waals surface area contributed by atoms with Gasteiger partial charge in [0.05, 0.1) is 5.52 Å². The van der Waals surface area contributed by atoms with E-state index in [2.05, 4.69) is 22.1 Å². The van der Waals surface area contributed by atoms with Crippen LogP contribution in [0.4, 0.5) is 14.6 Å². The highest BCUT2D eigenvalue weighted by Crippen LogP contribution is 2.26. The summed E-state index contributed by atoms with van der Waals surface area (Å²) in [6.07, 6.45) is -0.815. The Kier molecular flexibility index (Phi) is 4.99. The number of rotatable bonds is 6. The molecule has 3 nitrogen and oxygen atoms in total. The van der Waals surface area contributed by atoms with Gasteiger partial charge in [-0.2, -0.15) is 0 Å². The first-order chi connectivity index (χ1) is 11.6. The second kappa shape index (κ2) is 7.34. The molecular formula is C19H19F2N3. The van der Waals surface area contributed by atoms with Crippen molar-refractivity contribution in [1.82, 2.24) is 9.97 Å². The number of nitrogens with zero attached hydrogens (tertiary/aromatic N) is 3. The molecule has 0 spiro atoms. The summed E-state index contributed by atoms with van der Waals surface area (Å²) in [5.41, 5.74) is 1.82. The summed E-state index contributed by atoms with van der Waals surface area (Å²) < 4.78 is 26.1. The lowest BCUT2D eigenvalue weighted by molar-refractivity contribution is 0.141. The molecule has 0 atom stereocenters. The summed E-state index contributed by atoms with van der Waals surface area (Å²) in [6.45, 7) is 0.735. The molecule has 24 heavy (non-hydrogen) atoms. The molecule has 0 radical (unpaired) electrons. The maximum Gasteiger partial charge on any atom is 0.297 e. The molecule has 3 aromatic rings. The highest BCUT2D eigenvalue weighted by molar-refractivity contribution is 5.89. The fraction of sp³-hybridized carbons (Fsp3) is 0.263. The third-order valence-electron chi connectivity index (χ3n) is 3.96. The van der Waals surface area contributed by atoms with Crippen LogP contribution in [0, 0.1) is 0 Å². The normalized spacial score (nSPS) is 11.2. The molecule has 0 amide bonds. The third-order valence-corrected chi connectivity index (χ3v) is 3.96. The predicted octanol–water partition coefficient (Wildman–Crippen LogP) is 4.64. The highest BCUT2D eigenvalue weighted by atomic mass is 19.3. The van der Waals surface area contributed by atoms with Gasteiger partial charge in [-0.05, 0) is 30.5 Å². The van der Waals surface area contributed by atoms with Crippen LogP contribution in [0.15, 0.2) is 54.6 Å². The fourth-order valence-electron chi connectivity index (χ4n) is 2.74. The summed E-state index contributed by atoms with van der Waals surface area (Å²) in [5.74, 6) is 0.141. The molecule has 0 aliphatic heterocycles. The number of anilines is 1. The first-order valence-corrected chi connectivity index (χ1v) is 7.95. The summed E-state index contributed by atoms with van der Waals surface area (Å²) in [7, 11) is 1.88. The molecular weight excluding hydrogens is 308 g/mol. The average Bonchev–Trinajstić information content (AvgIpc) is 2.61. The zero-order chi connectivity index (χ0) is 16.9. The first kappa shape index (κ1) is 16.3. The van der Waals surface area contributed by atoms with Crippen molar-refractivity contribution in [3.8, 4) is 0 Å². The van der Waals surface area contributed by atoms with Gasteiger partial charge in [0.1, 0.15) is 5.82 Å². The van der Waals surface area contributed by atoms with Crippen LogP contribution in [0.2, 0.25) is 0 Å². The largest absolute Gasteiger partial charge is 0.359 e. The molecule has 2 aromatic carbocycles. The lowest BCUT2D eigenvalue weighted by Crippen LogP contribution is -2.21. The van der Waals surface area contributed by atoms with Crippen LogP contribution in [-0.2, 0) is 6.42 Å². The van der Waals surface area contributed by atoms with Gasteiger partial charge < -0.3 is 4.90 Å². The van der Waals surface area contributed by atoms with E-state index < -0.39 is 12.2 Å². The average molecular weight is 327 g/mol. The zero-order valence-corrected chi connectivity index (χ0v) is 13.5. The number of alkyl halides is 2. The predicted molar refractivity (Wildman–Crippen MR) is 92.5 cm³/mol. The van der Waals surface area contributed by atoms with E-state index in [1.165, 1.54) is 5.56 Å². The van der Waals surface area contributed by atoms with Crippen molar-refractivity contribution < 1.29 is 8.78 Å². The van der Waals surface area contributed by atoms with Gasteiger partial charge in [0.2, 0.25) is 0 Å². The van der Waals surface area contributed by atoms with E-state index in [1.54, 1.807) is 12.1 Å². The first-order valence-electron chi connectivity index (χ1n) is 7.95. The molecule has 0 aliphatic carbocycles. The van der Waals surface area contributed by atoms with Crippen LogP contribution >= 0.6 is 0 Å². The molecule has 0 saturated heterocycles. The number of halogens is 2. The van der Waals surface area contributed by atoms with Gasteiger partial charge in [0, 0.05) is 19.0 Å². The van der Waals surface area contributed by atoms with E-state index in [4.69, 9.17) is 0 Å². The van der Waals surface area contributed by atoms with Crippen molar-refractivity contribution in [2.24, 2.45) is 0 Å². The fourth-order valence-corrected chi connectivity index (χ4v) is 2.74. The Morgan fingerprint density at radius 3 is 2.42 bits per heavy atom. The Morgan fingerprint density at radius 2 is 1.67 bits per heavy atom. The molecule has 5 heteroatoms. The van der Waals surface area contributed by atoms with Crippen molar-refractivity contribution in [3.05, 3.63) is 66.0 Å². The van der Waals surface area contributed by atoms with Gasteiger partial charge in [-0.3, -0.25) is 0 Å². The van der Waals surface area contributed by atoms with E-state index in [9.17, 15) is 8.78 Å². The summed E-state index contributed by atoms with van der Waals surface area (Å²) in [5, 5.41) is 0.795. The molecule has 0 aliphatic rings. The van der Waals surface area contributed by atoms with Gasteiger partial charge in [0.15, 0.2) is 5.82 Å². The minimum absolute atomic E-state index is 0.418. The molecule has 0 fully saturated rings. The number of fused-ring (bicyclic) bond motifs is 1. The number of hydrogen-bond donors (Lipinski definition) is 0. The Hall–Kier alpha value is -2.56. The van der Waals surface area contributed by atoms with Gasteiger partial charge in [0.25, 0.3) is 6.43 Å². The van der Waals surface area contributed by atoms with Gasteiger partial charge in [-0.25, -0.2) is 18.7 Å². The summed E-state index contributed by atoms with van der Waals surface area (Å²) in [4.78, 5) is 9.98. The number of para-hydroxylation sites is 1. The minimum Gasteiger partial charge on any atom is -0.359 e. The highest BCUT2D eigenvalue weighted by Gasteiger charge is 2.17. The molecule has 0 unspecified atom stereocenters. The Bertz CT molecular complexity index is 806. The zero-order valence-electron chi connectivity index (χ0n) is 13.5. The van der Waals surface area contributed by atoms with Crippen LogP contribution < -0.4 is 4.90 Å². The van der Waals surface area contributed by atoms with E-state index >= 15 is 0 Å². The lowest BCUT2D eigenvalue weighted by atomic mass is 10.1. The minimum atomic E-state index is -2.67. The Balaban J connectivity index is 1.79. The van der Waals surface area contributed by atoms with E-state index in [0.29, 0.717) is 11.3 Å². The quantitative estimate of drug-likeness (QED) is 0.660. The van der Waals surface area contributed by atoms with Crippen LogP contribution in [0.3, 0.4) is 0 Å². The van der Waals surface area contributed by atoms with Crippen molar-refractivity contribution >= 4 is 16.7 Å². The smallest absolute Gasteiger partial charge is 0.297 e. The molecule has 1 aromatic heterocycles. The van der Waals surface area contributed by atoms with Gasteiger partial charge >= 0.3 is 0 Å². The number of hydrogen-bond acceptors (Lipinski definition) is 3. The maximum absolute atomic E-state index is 13.1. The SMILES string of the molecule is CN(CCCc1ccccc1)c1nc(C(F)F)nc2ccccc12. The molecule has 0 N–H and O–H groups in total. The third kappa shape index (κ3) is 3.67. The van der Waals surface area contributed by atoms with Gasteiger partial charge in [-0.1, -0.05) is 42.5 Å². The maximum atomic E-state index is 13.1. The Labute approximate surface area is 140 Å². The molecule has 124 valence electrons. The van der Waals surface area contributed by atoms with E-state index in [1.807, 2.05) is 42.3 Å². The van der Waals surface area contributed by atoms with Crippen LogP contribution in [0.1, 0.15) is 24.2 Å². The lowest BCUT2D eigenvalue weighted by Gasteiger charge is -2.20. The number of aryl methyl sites for hydroxylation is 1. The van der Waals surface area contributed by atoms with Crippen LogP contribution in [-0.4, -0.2) is 23.6 Å².